The average Bonchev–Trinajstić information content (AvgIpc) is 3.18. The summed E-state index contributed by atoms with van der Waals surface area (Å²) >= 11 is 1.57. The van der Waals surface area contributed by atoms with Crippen LogP contribution >= 0.6 is 11.8 Å². The van der Waals surface area contributed by atoms with E-state index in [0.29, 0.717) is 22.4 Å². The maximum Gasteiger partial charge on any atom is 0.212 e. The van der Waals surface area contributed by atoms with Gasteiger partial charge in [-0.1, -0.05) is 42.1 Å². The Hall–Kier alpha value is -3.00. The number of nitrogens with zero attached hydrogens (tertiary/aromatic N) is 4. The molecule has 0 spiro atoms. The van der Waals surface area contributed by atoms with Crippen molar-refractivity contribution in [3.05, 3.63) is 59.9 Å². The van der Waals surface area contributed by atoms with Gasteiger partial charge in [0.15, 0.2) is 11.5 Å². The van der Waals surface area contributed by atoms with E-state index in [1.807, 2.05) is 30.3 Å². The van der Waals surface area contributed by atoms with Gasteiger partial charge in [0.2, 0.25) is 10.9 Å². The second-order valence-corrected chi connectivity index (χ2v) is 6.38. The van der Waals surface area contributed by atoms with Crippen LogP contribution in [0, 0.1) is 0 Å². The maximum absolute atomic E-state index is 5.37. The Kier molecular flexibility index (Phi) is 6.32. The van der Waals surface area contributed by atoms with Crippen LogP contribution in [-0.4, -0.2) is 42.4 Å². The summed E-state index contributed by atoms with van der Waals surface area (Å²) in [6, 6.07) is 13.8. The molecule has 0 amide bonds. The molecule has 140 valence electrons. The molecule has 27 heavy (non-hydrogen) atoms. The largest absolute Gasteiger partial charge is 0.493 e. The second kappa shape index (κ2) is 9.09. The predicted octanol–water partition coefficient (Wildman–Crippen LogP) is 3.48. The number of methoxy groups -OCH3 is 3. The van der Waals surface area contributed by atoms with Crippen LogP contribution in [0.4, 0.5) is 0 Å². The van der Waals surface area contributed by atoms with Crippen LogP contribution < -0.4 is 14.2 Å². The van der Waals surface area contributed by atoms with Crippen LogP contribution in [0.25, 0.3) is 0 Å². The Morgan fingerprint density at radius 2 is 1.74 bits per heavy atom. The van der Waals surface area contributed by atoms with E-state index in [4.69, 9.17) is 14.2 Å². The van der Waals surface area contributed by atoms with E-state index in [9.17, 15) is 0 Å². The number of hydrogen-bond donors (Lipinski definition) is 0. The molecule has 0 aliphatic carbocycles. The van der Waals surface area contributed by atoms with Gasteiger partial charge in [-0.3, -0.25) is 0 Å². The Balaban J connectivity index is 1.78. The van der Waals surface area contributed by atoms with E-state index >= 15 is 0 Å². The van der Waals surface area contributed by atoms with Crippen LogP contribution in [0.2, 0.25) is 0 Å². The number of aromatic nitrogens is 3. The molecule has 0 saturated heterocycles. The fourth-order valence-corrected chi connectivity index (χ4v) is 3.24. The fraction of sp³-hybridized carbons (Fsp3) is 0.211. The van der Waals surface area contributed by atoms with Crippen LogP contribution in [-0.2, 0) is 5.75 Å². The topological polar surface area (TPSA) is 70.8 Å². The Bertz CT molecular complexity index is 887. The molecule has 0 aliphatic heterocycles. The van der Waals surface area contributed by atoms with Crippen molar-refractivity contribution in [1.29, 1.82) is 0 Å². The smallest absolute Gasteiger partial charge is 0.212 e. The summed E-state index contributed by atoms with van der Waals surface area (Å²) in [6.07, 6.45) is 3.27. The molecule has 0 saturated carbocycles. The van der Waals surface area contributed by atoms with Crippen molar-refractivity contribution in [2.75, 3.05) is 21.3 Å². The SMILES string of the molecule is COc1cc(/C=N/n2cnnc2SCc2ccccc2)cc(OC)c1OC. The van der Waals surface area contributed by atoms with E-state index in [0.717, 1.165) is 11.3 Å². The summed E-state index contributed by atoms with van der Waals surface area (Å²) in [5.41, 5.74) is 2.02. The normalized spacial score (nSPS) is 10.9. The van der Waals surface area contributed by atoms with E-state index in [1.165, 1.54) is 5.56 Å². The molecule has 0 radical (unpaired) electrons. The lowest BCUT2D eigenvalue weighted by molar-refractivity contribution is 0.324. The van der Waals surface area contributed by atoms with Crippen molar-refractivity contribution in [1.82, 2.24) is 14.9 Å². The quantitative estimate of drug-likeness (QED) is 0.437. The van der Waals surface area contributed by atoms with Gasteiger partial charge in [-0.2, -0.15) is 9.78 Å². The predicted molar refractivity (Wildman–Crippen MR) is 105 cm³/mol. The molecule has 8 heteroatoms. The van der Waals surface area contributed by atoms with Gasteiger partial charge >= 0.3 is 0 Å². The molecule has 7 nitrogen and oxygen atoms in total. The van der Waals surface area contributed by atoms with Crippen LogP contribution in [0.15, 0.2) is 59.0 Å². The molecule has 0 bridgehead atoms. The molecule has 3 aromatic rings. The number of hydrogen-bond acceptors (Lipinski definition) is 7. The van der Waals surface area contributed by atoms with E-state index in [1.54, 1.807) is 50.3 Å². The van der Waals surface area contributed by atoms with E-state index in [-0.39, 0.29) is 0 Å². The zero-order valence-corrected chi connectivity index (χ0v) is 16.1. The summed E-state index contributed by atoms with van der Waals surface area (Å²) in [5.74, 6) is 2.47. The zero-order chi connectivity index (χ0) is 19.1. The summed E-state index contributed by atoms with van der Waals surface area (Å²) in [7, 11) is 4.73. The minimum absolute atomic E-state index is 0.542. The van der Waals surface area contributed by atoms with Crippen molar-refractivity contribution in [3.8, 4) is 17.2 Å². The molecule has 1 aromatic heterocycles. The van der Waals surface area contributed by atoms with Crippen molar-refractivity contribution in [2.24, 2.45) is 5.10 Å². The van der Waals surface area contributed by atoms with Gasteiger partial charge in [-0.15, -0.1) is 10.2 Å². The summed E-state index contributed by atoms with van der Waals surface area (Å²) < 4.78 is 17.7. The van der Waals surface area contributed by atoms with Crippen molar-refractivity contribution >= 4 is 18.0 Å². The lowest BCUT2D eigenvalue weighted by Crippen LogP contribution is -1.98. The standard InChI is InChI=1S/C19H20N4O3S/c1-24-16-9-15(10-17(25-2)18(16)26-3)11-21-23-13-20-22-19(23)27-12-14-7-5-4-6-8-14/h4-11,13H,12H2,1-3H3/b21-11+. The van der Waals surface area contributed by atoms with Gasteiger partial charge in [0, 0.05) is 11.3 Å². The lowest BCUT2D eigenvalue weighted by atomic mass is 10.2. The van der Waals surface area contributed by atoms with E-state index < -0.39 is 0 Å². The van der Waals surface area contributed by atoms with Gasteiger partial charge in [-0.25, -0.2) is 0 Å². The highest BCUT2D eigenvalue weighted by Crippen LogP contribution is 2.37. The molecular weight excluding hydrogens is 364 g/mol. The highest BCUT2D eigenvalue weighted by molar-refractivity contribution is 7.98. The molecule has 3 rings (SSSR count). The van der Waals surface area contributed by atoms with Crippen LogP contribution in [0.3, 0.4) is 0 Å². The summed E-state index contributed by atoms with van der Waals surface area (Å²) in [5, 5.41) is 13.2. The lowest BCUT2D eigenvalue weighted by Gasteiger charge is -2.12. The van der Waals surface area contributed by atoms with Crippen LogP contribution in [0.1, 0.15) is 11.1 Å². The number of ether oxygens (including phenoxy) is 3. The number of rotatable bonds is 8. The third-order valence-electron chi connectivity index (χ3n) is 3.73. The first-order valence-electron chi connectivity index (χ1n) is 8.16. The Morgan fingerprint density at radius 1 is 1.04 bits per heavy atom. The molecule has 0 aliphatic rings. The van der Waals surface area contributed by atoms with Gasteiger partial charge in [-0.05, 0) is 17.7 Å². The molecule has 2 aromatic carbocycles. The Morgan fingerprint density at radius 3 is 2.37 bits per heavy atom. The second-order valence-electron chi connectivity index (χ2n) is 5.44. The summed E-state index contributed by atoms with van der Waals surface area (Å²) in [6.45, 7) is 0. The first kappa shape index (κ1) is 18.8. The first-order valence-corrected chi connectivity index (χ1v) is 9.14. The molecule has 1 heterocycles. The maximum atomic E-state index is 5.37. The molecule has 0 atom stereocenters. The number of thioether (sulfide) groups is 1. The monoisotopic (exact) mass is 384 g/mol. The fourth-order valence-electron chi connectivity index (χ4n) is 2.42. The molecule has 0 N–H and O–H groups in total. The van der Waals surface area contributed by atoms with Gasteiger partial charge < -0.3 is 14.2 Å². The zero-order valence-electron chi connectivity index (χ0n) is 15.3. The van der Waals surface area contributed by atoms with Gasteiger partial charge in [0.1, 0.15) is 6.33 Å². The van der Waals surface area contributed by atoms with Crippen LogP contribution in [0.5, 0.6) is 17.2 Å². The average molecular weight is 384 g/mol. The van der Waals surface area contributed by atoms with Gasteiger partial charge in [0.05, 0.1) is 27.5 Å². The first-order chi connectivity index (χ1) is 13.2. The minimum atomic E-state index is 0.542. The number of benzene rings is 2. The highest BCUT2D eigenvalue weighted by atomic mass is 32.2. The molecule has 0 unspecified atom stereocenters. The third kappa shape index (κ3) is 4.59. The van der Waals surface area contributed by atoms with Crippen molar-refractivity contribution < 1.29 is 14.2 Å². The van der Waals surface area contributed by atoms with Gasteiger partial charge in [0.25, 0.3) is 0 Å². The van der Waals surface area contributed by atoms with Crippen molar-refractivity contribution in [3.63, 3.8) is 0 Å². The third-order valence-corrected chi connectivity index (χ3v) is 4.73. The van der Waals surface area contributed by atoms with E-state index in [2.05, 4.69) is 27.4 Å². The Labute approximate surface area is 162 Å². The minimum Gasteiger partial charge on any atom is -0.493 e. The summed E-state index contributed by atoms with van der Waals surface area (Å²) in [4.78, 5) is 0. The molecular formula is C19H20N4O3S. The van der Waals surface area contributed by atoms with Crippen molar-refractivity contribution in [2.45, 2.75) is 10.9 Å². The molecule has 0 fully saturated rings. The highest BCUT2D eigenvalue weighted by Gasteiger charge is 2.12.